The first-order chi connectivity index (χ1) is 2.89. The van der Waals surface area contributed by atoms with E-state index in [0.29, 0.717) is 5.38 Å². The molecule has 1 heterocycles. The van der Waals surface area contributed by atoms with Gasteiger partial charge in [0.1, 0.15) is 0 Å². The summed E-state index contributed by atoms with van der Waals surface area (Å²) in [5.41, 5.74) is 0. The average Bonchev–Trinajstić information content (AvgIpc) is 1.86. The molecule has 2 heteroatoms. The van der Waals surface area contributed by atoms with E-state index in [9.17, 15) is 0 Å². The third kappa shape index (κ3) is 0.854. The lowest BCUT2D eigenvalue weighted by molar-refractivity contribution is 0.198. The molecule has 1 atom stereocenters. The van der Waals surface area contributed by atoms with Gasteiger partial charge in [-0.1, -0.05) is 0 Å². The number of ether oxygens (including phenoxy) is 1. The van der Waals surface area contributed by atoms with E-state index < -0.39 is 0 Å². The third-order valence-electron chi connectivity index (χ3n) is 0.874. The number of rotatable bonds is 0. The lowest BCUT2D eigenvalue weighted by atomic mass is 10.4. The maximum Gasteiger partial charge on any atom is 0.0630 e. The number of hydrogen-bond donors (Lipinski definition) is 0. The Bertz CT molecular complexity index is 40.8. The molecular weight excluding hydrogens is 99.5 g/mol. The van der Waals surface area contributed by atoms with Crippen LogP contribution in [0.15, 0.2) is 0 Å². The topological polar surface area (TPSA) is 9.23 Å². The Hall–Kier alpha value is 0.250. The first-order valence-corrected chi connectivity index (χ1v) is 2.55. The van der Waals surface area contributed by atoms with Crippen LogP contribution in [0.3, 0.4) is 0 Å². The van der Waals surface area contributed by atoms with Gasteiger partial charge >= 0.3 is 0 Å². The molecule has 1 nitrogen and oxygen atoms in total. The van der Waals surface area contributed by atoms with Crippen molar-refractivity contribution in [1.82, 2.24) is 0 Å². The van der Waals surface area contributed by atoms with Gasteiger partial charge in [-0.25, -0.2) is 0 Å². The molecule has 0 radical (unpaired) electrons. The molecule has 0 aromatic rings. The molecule has 1 saturated heterocycles. The number of halogens is 1. The summed E-state index contributed by atoms with van der Waals surface area (Å²) < 4.78 is 4.92. The highest BCUT2D eigenvalue weighted by Crippen LogP contribution is 2.08. The molecule has 1 aliphatic rings. The molecule has 0 aromatic heterocycles. The summed E-state index contributed by atoms with van der Waals surface area (Å²) in [5.74, 6) is 0. The van der Waals surface area contributed by atoms with Crippen molar-refractivity contribution in [3.05, 3.63) is 0 Å². The second-order valence-electron chi connectivity index (χ2n) is 1.46. The van der Waals surface area contributed by atoms with E-state index in [1.54, 1.807) is 0 Å². The number of alkyl halides is 1. The highest BCUT2D eigenvalue weighted by molar-refractivity contribution is 6.20. The summed E-state index contributed by atoms with van der Waals surface area (Å²) >= 11 is 5.59. The zero-order valence-corrected chi connectivity index (χ0v) is 4.24. The largest absolute Gasteiger partial charge is 0.380 e. The highest BCUT2D eigenvalue weighted by Gasteiger charge is 2.10. The van der Waals surface area contributed by atoms with E-state index in [-0.39, 0.29) is 0 Å². The van der Waals surface area contributed by atoms with Gasteiger partial charge in [-0.15, -0.1) is 11.6 Å². The molecule has 0 spiro atoms. The van der Waals surface area contributed by atoms with E-state index in [4.69, 9.17) is 16.3 Å². The van der Waals surface area contributed by atoms with E-state index in [1.807, 2.05) is 0 Å². The molecule has 0 bridgehead atoms. The first-order valence-electron chi connectivity index (χ1n) is 2.11. The van der Waals surface area contributed by atoms with Gasteiger partial charge in [-0.2, -0.15) is 0 Å². The minimum absolute atomic E-state index is 0.296. The average molecular weight is 107 g/mol. The van der Waals surface area contributed by atoms with Crippen molar-refractivity contribution in [2.75, 3.05) is 13.2 Å². The fourth-order valence-electron chi connectivity index (χ4n) is 0.506. The predicted molar refractivity (Wildman–Crippen MR) is 25.1 cm³/mol. The van der Waals surface area contributed by atoms with E-state index in [0.717, 1.165) is 19.6 Å². The lowest BCUT2D eigenvalue weighted by Crippen LogP contribution is -1.92. The minimum Gasteiger partial charge on any atom is -0.380 e. The van der Waals surface area contributed by atoms with Crippen molar-refractivity contribution in [2.24, 2.45) is 0 Å². The lowest BCUT2D eigenvalue weighted by Gasteiger charge is -1.86. The van der Waals surface area contributed by atoms with Gasteiger partial charge in [0.05, 0.1) is 12.0 Å². The van der Waals surface area contributed by atoms with Crippen LogP contribution in [0.2, 0.25) is 0 Å². The van der Waals surface area contributed by atoms with Gasteiger partial charge < -0.3 is 4.74 Å². The fraction of sp³-hybridized carbons (Fsp3) is 1.00. The van der Waals surface area contributed by atoms with Crippen LogP contribution >= 0.6 is 11.6 Å². The zero-order valence-electron chi connectivity index (χ0n) is 3.48. The van der Waals surface area contributed by atoms with Crippen LogP contribution in [0.5, 0.6) is 0 Å². The molecule has 0 amide bonds. The van der Waals surface area contributed by atoms with Crippen molar-refractivity contribution >= 4 is 11.6 Å². The Morgan fingerprint density at radius 1 is 1.67 bits per heavy atom. The van der Waals surface area contributed by atoms with Crippen LogP contribution in [-0.2, 0) is 4.74 Å². The second-order valence-corrected chi connectivity index (χ2v) is 2.08. The van der Waals surface area contributed by atoms with Crippen LogP contribution in [-0.4, -0.2) is 18.6 Å². The summed E-state index contributed by atoms with van der Waals surface area (Å²) in [4.78, 5) is 0. The normalized spacial score (nSPS) is 34.5. The fourth-order valence-corrected chi connectivity index (χ4v) is 0.684. The molecule has 1 aliphatic heterocycles. The molecule has 0 unspecified atom stereocenters. The Morgan fingerprint density at radius 3 is 2.67 bits per heavy atom. The maximum atomic E-state index is 5.59. The molecular formula is C4H7ClO. The quantitative estimate of drug-likeness (QED) is 0.419. The van der Waals surface area contributed by atoms with Crippen LogP contribution in [0.4, 0.5) is 0 Å². The monoisotopic (exact) mass is 106 g/mol. The van der Waals surface area contributed by atoms with Crippen molar-refractivity contribution in [2.45, 2.75) is 11.8 Å². The molecule has 0 aromatic carbocycles. The van der Waals surface area contributed by atoms with Gasteiger partial charge in [-0.05, 0) is 6.42 Å². The predicted octanol–water partition coefficient (Wildman–Crippen LogP) is 1.01. The van der Waals surface area contributed by atoms with Crippen molar-refractivity contribution < 1.29 is 4.74 Å². The summed E-state index contributed by atoms with van der Waals surface area (Å²) in [5, 5.41) is 0.296. The molecule has 1 rings (SSSR count). The SMILES string of the molecule is Cl[C@H]1CCOC1. The molecule has 6 heavy (non-hydrogen) atoms. The van der Waals surface area contributed by atoms with E-state index >= 15 is 0 Å². The summed E-state index contributed by atoms with van der Waals surface area (Å²) in [6.45, 7) is 1.61. The Balaban J connectivity index is 2.18. The summed E-state index contributed by atoms with van der Waals surface area (Å²) in [6.07, 6.45) is 1.03. The zero-order chi connectivity index (χ0) is 4.41. The third-order valence-corrected chi connectivity index (χ3v) is 1.22. The van der Waals surface area contributed by atoms with E-state index in [1.165, 1.54) is 0 Å². The highest BCUT2D eigenvalue weighted by atomic mass is 35.5. The van der Waals surface area contributed by atoms with Gasteiger partial charge in [0.2, 0.25) is 0 Å². The molecule has 0 aliphatic carbocycles. The summed E-state index contributed by atoms with van der Waals surface area (Å²) in [6, 6.07) is 0. The molecule has 0 saturated carbocycles. The Morgan fingerprint density at radius 2 is 2.50 bits per heavy atom. The Labute approximate surface area is 42.2 Å². The van der Waals surface area contributed by atoms with Crippen molar-refractivity contribution in [3.63, 3.8) is 0 Å². The first kappa shape index (κ1) is 4.41. The summed E-state index contributed by atoms with van der Waals surface area (Å²) in [7, 11) is 0. The molecule has 1 fully saturated rings. The maximum absolute atomic E-state index is 5.59. The van der Waals surface area contributed by atoms with Crippen LogP contribution in [0.1, 0.15) is 6.42 Å². The molecule has 36 valence electrons. The Kier molecular flexibility index (Phi) is 1.33. The minimum atomic E-state index is 0.296. The van der Waals surface area contributed by atoms with Crippen LogP contribution < -0.4 is 0 Å². The van der Waals surface area contributed by atoms with Crippen LogP contribution in [0.25, 0.3) is 0 Å². The second kappa shape index (κ2) is 1.80. The smallest absolute Gasteiger partial charge is 0.0630 e. The standard InChI is InChI=1S/C4H7ClO/c5-4-1-2-6-3-4/h4H,1-3H2/t4-/m0/s1. The van der Waals surface area contributed by atoms with Gasteiger partial charge in [0, 0.05) is 6.61 Å². The molecule has 0 N–H and O–H groups in total. The van der Waals surface area contributed by atoms with Gasteiger partial charge in [0.25, 0.3) is 0 Å². The van der Waals surface area contributed by atoms with Crippen molar-refractivity contribution in [3.8, 4) is 0 Å². The van der Waals surface area contributed by atoms with Gasteiger partial charge in [-0.3, -0.25) is 0 Å². The number of hydrogen-bond acceptors (Lipinski definition) is 1. The van der Waals surface area contributed by atoms with E-state index in [2.05, 4.69) is 0 Å². The van der Waals surface area contributed by atoms with Crippen molar-refractivity contribution in [1.29, 1.82) is 0 Å². The van der Waals surface area contributed by atoms with Crippen LogP contribution in [0, 0.1) is 0 Å². The van der Waals surface area contributed by atoms with Gasteiger partial charge in [0.15, 0.2) is 0 Å².